The molecule has 3 rings (SSSR count). The molecule has 0 bridgehead atoms. The quantitative estimate of drug-likeness (QED) is 0.524. The maximum absolute atomic E-state index is 7.42. The number of rotatable bonds is 4. The van der Waals surface area contributed by atoms with Gasteiger partial charge >= 0.3 is 0 Å². The summed E-state index contributed by atoms with van der Waals surface area (Å²) in [4.78, 5) is 2.43. The standard InChI is InChI=1S/C19H16N2S/c20-19(21)16-9-7-15(8-10-16)18-13-12-17(22-18)11-6-14-4-2-1-3-5-14/h1-13H,(H3,20,21)/b11-6+. The number of thiophene rings is 1. The number of amidine groups is 1. The molecular formula is C19H16N2S. The first kappa shape index (κ1) is 14.3. The van der Waals surface area contributed by atoms with Crippen molar-refractivity contribution in [1.82, 2.24) is 0 Å². The average Bonchev–Trinajstić information content (AvgIpc) is 3.03. The molecule has 2 aromatic carbocycles. The van der Waals surface area contributed by atoms with Crippen molar-refractivity contribution in [3.63, 3.8) is 0 Å². The van der Waals surface area contributed by atoms with E-state index in [1.54, 1.807) is 11.3 Å². The Balaban J connectivity index is 1.79. The van der Waals surface area contributed by atoms with Gasteiger partial charge in [0, 0.05) is 15.3 Å². The summed E-state index contributed by atoms with van der Waals surface area (Å²) in [5.41, 5.74) is 8.58. The van der Waals surface area contributed by atoms with Crippen LogP contribution < -0.4 is 5.73 Å². The van der Waals surface area contributed by atoms with E-state index in [4.69, 9.17) is 11.1 Å². The number of nitrogen functional groups attached to an aromatic ring is 1. The minimum Gasteiger partial charge on any atom is -0.384 e. The predicted octanol–water partition coefficient (Wildman–Crippen LogP) is 4.87. The Kier molecular flexibility index (Phi) is 4.17. The Labute approximate surface area is 134 Å². The second-order valence-corrected chi connectivity index (χ2v) is 6.05. The second-order valence-electron chi connectivity index (χ2n) is 4.94. The summed E-state index contributed by atoms with van der Waals surface area (Å²) in [5.74, 6) is 0.101. The first-order valence-electron chi connectivity index (χ1n) is 7.00. The van der Waals surface area contributed by atoms with E-state index in [-0.39, 0.29) is 5.84 Å². The highest BCUT2D eigenvalue weighted by Crippen LogP contribution is 2.29. The minimum absolute atomic E-state index is 0.101. The van der Waals surface area contributed by atoms with E-state index >= 15 is 0 Å². The van der Waals surface area contributed by atoms with E-state index in [0.717, 1.165) is 11.1 Å². The zero-order chi connectivity index (χ0) is 15.4. The molecule has 0 radical (unpaired) electrons. The van der Waals surface area contributed by atoms with Crippen LogP contribution in [0.5, 0.6) is 0 Å². The van der Waals surface area contributed by atoms with Gasteiger partial charge in [-0.3, -0.25) is 5.41 Å². The lowest BCUT2D eigenvalue weighted by Gasteiger charge is -2.00. The number of nitrogens with two attached hydrogens (primary N) is 1. The van der Waals surface area contributed by atoms with Crippen molar-refractivity contribution < 1.29 is 0 Å². The second kappa shape index (κ2) is 6.41. The third-order valence-electron chi connectivity index (χ3n) is 3.35. The fourth-order valence-electron chi connectivity index (χ4n) is 2.15. The summed E-state index contributed by atoms with van der Waals surface area (Å²) in [6, 6.07) is 22.3. The van der Waals surface area contributed by atoms with Crippen molar-refractivity contribution in [3.8, 4) is 10.4 Å². The van der Waals surface area contributed by atoms with Crippen molar-refractivity contribution in [2.75, 3.05) is 0 Å². The van der Waals surface area contributed by atoms with E-state index in [9.17, 15) is 0 Å². The molecule has 1 aromatic heterocycles. The van der Waals surface area contributed by atoms with Crippen LogP contribution in [-0.4, -0.2) is 5.84 Å². The van der Waals surface area contributed by atoms with E-state index in [1.807, 2.05) is 42.5 Å². The van der Waals surface area contributed by atoms with Gasteiger partial charge in [0.15, 0.2) is 0 Å². The first-order valence-corrected chi connectivity index (χ1v) is 7.82. The number of nitrogens with one attached hydrogen (secondary N) is 1. The molecule has 108 valence electrons. The van der Waals surface area contributed by atoms with Gasteiger partial charge in [0.25, 0.3) is 0 Å². The van der Waals surface area contributed by atoms with E-state index in [0.29, 0.717) is 0 Å². The average molecular weight is 304 g/mol. The van der Waals surface area contributed by atoms with Gasteiger partial charge in [-0.25, -0.2) is 0 Å². The molecule has 1 heterocycles. The van der Waals surface area contributed by atoms with Gasteiger partial charge in [-0.2, -0.15) is 0 Å². The van der Waals surface area contributed by atoms with Gasteiger partial charge in [-0.05, 0) is 29.3 Å². The smallest absolute Gasteiger partial charge is 0.122 e. The fourth-order valence-corrected chi connectivity index (χ4v) is 3.07. The molecule has 0 aliphatic carbocycles. The predicted molar refractivity (Wildman–Crippen MR) is 96.1 cm³/mol. The zero-order valence-electron chi connectivity index (χ0n) is 12.0. The summed E-state index contributed by atoms with van der Waals surface area (Å²) >= 11 is 1.75. The molecule has 0 fully saturated rings. The van der Waals surface area contributed by atoms with Crippen molar-refractivity contribution >= 4 is 29.3 Å². The van der Waals surface area contributed by atoms with Crippen LogP contribution in [0, 0.1) is 5.41 Å². The Morgan fingerprint density at radius 1 is 0.864 bits per heavy atom. The zero-order valence-corrected chi connectivity index (χ0v) is 12.8. The number of benzene rings is 2. The van der Waals surface area contributed by atoms with Gasteiger partial charge in [0.05, 0.1) is 0 Å². The molecule has 0 spiro atoms. The number of hydrogen-bond acceptors (Lipinski definition) is 2. The highest BCUT2D eigenvalue weighted by atomic mass is 32.1. The molecular weight excluding hydrogens is 288 g/mol. The largest absolute Gasteiger partial charge is 0.384 e. The van der Waals surface area contributed by atoms with E-state index in [2.05, 4.69) is 36.4 Å². The van der Waals surface area contributed by atoms with Gasteiger partial charge in [0.1, 0.15) is 5.84 Å². The van der Waals surface area contributed by atoms with Crippen LogP contribution in [0.4, 0.5) is 0 Å². The van der Waals surface area contributed by atoms with Crippen molar-refractivity contribution in [2.24, 2.45) is 5.73 Å². The van der Waals surface area contributed by atoms with Crippen molar-refractivity contribution in [1.29, 1.82) is 5.41 Å². The maximum atomic E-state index is 7.42. The molecule has 0 aliphatic rings. The summed E-state index contributed by atoms with van der Waals surface area (Å²) in [6.45, 7) is 0. The van der Waals surface area contributed by atoms with Crippen LogP contribution in [-0.2, 0) is 0 Å². The summed E-state index contributed by atoms with van der Waals surface area (Å²) in [6.07, 6.45) is 4.25. The Bertz CT molecular complexity index is 799. The van der Waals surface area contributed by atoms with E-state index < -0.39 is 0 Å². The highest BCUT2D eigenvalue weighted by molar-refractivity contribution is 7.16. The van der Waals surface area contributed by atoms with Crippen LogP contribution in [0.15, 0.2) is 66.7 Å². The molecule has 3 N–H and O–H groups in total. The van der Waals surface area contributed by atoms with Gasteiger partial charge in [0.2, 0.25) is 0 Å². The normalized spacial score (nSPS) is 10.9. The van der Waals surface area contributed by atoms with Gasteiger partial charge in [-0.15, -0.1) is 11.3 Å². The molecule has 2 nitrogen and oxygen atoms in total. The first-order chi connectivity index (χ1) is 10.7. The van der Waals surface area contributed by atoms with Crippen molar-refractivity contribution in [2.45, 2.75) is 0 Å². The van der Waals surface area contributed by atoms with Crippen LogP contribution in [0.2, 0.25) is 0 Å². The van der Waals surface area contributed by atoms with Crippen LogP contribution in [0.1, 0.15) is 16.0 Å². The summed E-state index contributed by atoms with van der Waals surface area (Å²) in [5, 5.41) is 7.42. The molecule has 0 saturated heterocycles. The van der Waals surface area contributed by atoms with Gasteiger partial charge < -0.3 is 5.73 Å². The highest BCUT2D eigenvalue weighted by Gasteiger charge is 2.02. The number of hydrogen-bond donors (Lipinski definition) is 2. The lowest BCUT2D eigenvalue weighted by atomic mass is 10.1. The molecule has 0 amide bonds. The fraction of sp³-hybridized carbons (Fsp3) is 0. The van der Waals surface area contributed by atoms with Crippen LogP contribution in [0.3, 0.4) is 0 Å². The molecule has 0 unspecified atom stereocenters. The maximum Gasteiger partial charge on any atom is 0.122 e. The lowest BCUT2D eigenvalue weighted by molar-refractivity contribution is 1.43. The van der Waals surface area contributed by atoms with Crippen molar-refractivity contribution in [3.05, 3.63) is 82.7 Å². The monoisotopic (exact) mass is 304 g/mol. The minimum atomic E-state index is 0.101. The molecule has 3 heteroatoms. The molecule has 0 atom stereocenters. The Morgan fingerprint density at radius 3 is 2.27 bits per heavy atom. The third kappa shape index (κ3) is 3.32. The molecule has 0 saturated carbocycles. The molecule has 0 aliphatic heterocycles. The van der Waals surface area contributed by atoms with Crippen LogP contribution >= 0.6 is 11.3 Å². The molecule has 22 heavy (non-hydrogen) atoms. The third-order valence-corrected chi connectivity index (χ3v) is 4.45. The summed E-state index contributed by atoms with van der Waals surface area (Å²) in [7, 11) is 0. The van der Waals surface area contributed by atoms with Crippen LogP contribution in [0.25, 0.3) is 22.6 Å². The SMILES string of the molecule is N=C(N)c1ccc(-c2ccc(/C=C/c3ccccc3)s2)cc1. The lowest BCUT2D eigenvalue weighted by Crippen LogP contribution is -2.10. The Morgan fingerprint density at radius 2 is 1.59 bits per heavy atom. The van der Waals surface area contributed by atoms with Gasteiger partial charge in [-0.1, -0.05) is 60.7 Å². The van der Waals surface area contributed by atoms with E-state index in [1.165, 1.54) is 15.3 Å². The Hall–Kier alpha value is -2.65. The topological polar surface area (TPSA) is 49.9 Å². The molecule has 3 aromatic rings. The summed E-state index contributed by atoms with van der Waals surface area (Å²) < 4.78 is 0.